The maximum Gasteiger partial charge on any atom is 0.333 e. The first-order valence-corrected chi connectivity index (χ1v) is 5.46. The van der Waals surface area contributed by atoms with Gasteiger partial charge in [0, 0.05) is 6.42 Å². The van der Waals surface area contributed by atoms with Crippen LogP contribution < -0.4 is 0 Å². The number of carboxylic acid groups (broad SMARTS) is 1. The van der Waals surface area contributed by atoms with Crippen LogP contribution in [0.15, 0.2) is 24.3 Å². The van der Waals surface area contributed by atoms with Crippen molar-refractivity contribution in [2.45, 2.75) is 38.9 Å². The van der Waals surface area contributed by atoms with Gasteiger partial charge in [0.1, 0.15) is 5.75 Å². The number of hydrogen-bond acceptors (Lipinski definition) is 3. The van der Waals surface area contributed by atoms with Crippen LogP contribution in [-0.4, -0.2) is 27.9 Å². The summed E-state index contributed by atoms with van der Waals surface area (Å²) >= 11 is 0. The van der Waals surface area contributed by atoms with Gasteiger partial charge in [0.2, 0.25) is 0 Å². The van der Waals surface area contributed by atoms with Crippen LogP contribution in [0.1, 0.15) is 26.3 Å². The van der Waals surface area contributed by atoms with E-state index in [9.17, 15) is 4.79 Å². The number of carbonyl (C=O) groups is 1. The Bertz CT molecular complexity index is 375. The normalized spacial score (nSPS) is 13.4. The molecule has 0 radical (unpaired) electrons. The molecule has 0 saturated heterocycles. The van der Waals surface area contributed by atoms with Crippen LogP contribution in [0.2, 0.25) is 0 Å². The number of hydrogen-bond donors (Lipinski definition) is 2. The maximum absolute atomic E-state index is 11.1. The van der Waals surface area contributed by atoms with Crippen LogP contribution in [0.25, 0.3) is 0 Å². The standard InChI is InChI=1S/C13H18O4/c1-13(2,3)17-11(12(15)16)8-9-4-6-10(14)7-5-9/h4-7,11,14H,8H2,1-3H3,(H,15,16). The molecule has 0 amide bonds. The number of carboxylic acids is 1. The van der Waals surface area contributed by atoms with E-state index in [2.05, 4.69) is 0 Å². The van der Waals surface area contributed by atoms with Crippen molar-refractivity contribution in [3.63, 3.8) is 0 Å². The Balaban J connectivity index is 2.73. The summed E-state index contributed by atoms with van der Waals surface area (Å²) in [6, 6.07) is 6.45. The van der Waals surface area contributed by atoms with Gasteiger partial charge in [-0.05, 0) is 38.5 Å². The molecule has 0 aromatic heterocycles. The van der Waals surface area contributed by atoms with Gasteiger partial charge in [-0.3, -0.25) is 0 Å². The Morgan fingerprint density at radius 2 is 1.82 bits per heavy atom. The zero-order chi connectivity index (χ0) is 13.1. The monoisotopic (exact) mass is 238 g/mol. The van der Waals surface area contributed by atoms with E-state index < -0.39 is 17.7 Å². The second-order valence-electron chi connectivity index (χ2n) is 4.93. The van der Waals surface area contributed by atoms with Crippen LogP contribution in [-0.2, 0) is 16.0 Å². The van der Waals surface area contributed by atoms with Crippen molar-refractivity contribution in [2.75, 3.05) is 0 Å². The number of phenolic OH excluding ortho intramolecular Hbond substituents is 1. The maximum atomic E-state index is 11.1. The second kappa shape index (κ2) is 5.19. The summed E-state index contributed by atoms with van der Waals surface area (Å²) in [6.07, 6.45) is -0.591. The molecule has 94 valence electrons. The Kier molecular flexibility index (Phi) is 4.12. The molecule has 1 aromatic carbocycles. The minimum Gasteiger partial charge on any atom is -0.508 e. The van der Waals surface area contributed by atoms with Gasteiger partial charge in [0.25, 0.3) is 0 Å². The fourth-order valence-corrected chi connectivity index (χ4v) is 1.45. The van der Waals surface area contributed by atoms with Crippen molar-refractivity contribution in [2.24, 2.45) is 0 Å². The third kappa shape index (κ3) is 4.87. The second-order valence-corrected chi connectivity index (χ2v) is 4.93. The van der Waals surface area contributed by atoms with Crippen molar-refractivity contribution in [1.82, 2.24) is 0 Å². The topological polar surface area (TPSA) is 66.8 Å². The molecule has 0 aliphatic carbocycles. The first-order chi connectivity index (χ1) is 7.78. The van der Waals surface area contributed by atoms with E-state index in [1.54, 1.807) is 12.1 Å². The molecule has 0 saturated carbocycles. The Morgan fingerprint density at radius 3 is 2.24 bits per heavy atom. The third-order valence-electron chi connectivity index (χ3n) is 2.13. The molecule has 2 N–H and O–H groups in total. The lowest BCUT2D eigenvalue weighted by molar-refractivity contribution is -0.159. The molecular formula is C13H18O4. The Morgan fingerprint density at radius 1 is 1.29 bits per heavy atom. The van der Waals surface area contributed by atoms with E-state index in [1.807, 2.05) is 20.8 Å². The molecule has 0 fully saturated rings. The fourth-order valence-electron chi connectivity index (χ4n) is 1.45. The van der Waals surface area contributed by atoms with Gasteiger partial charge < -0.3 is 14.9 Å². The molecule has 1 aromatic rings. The number of ether oxygens (including phenoxy) is 1. The summed E-state index contributed by atoms with van der Waals surface area (Å²) < 4.78 is 5.47. The van der Waals surface area contributed by atoms with E-state index >= 15 is 0 Å². The van der Waals surface area contributed by atoms with Gasteiger partial charge in [-0.1, -0.05) is 12.1 Å². The molecular weight excluding hydrogens is 220 g/mol. The third-order valence-corrected chi connectivity index (χ3v) is 2.13. The van der Waals surface area contributed by atoms with Crippen molar-refractivity contribution in [3.8, 4) is 5.75 Å². The number of aliphatic carboxylic acids is 1. The van der Waals surface area contributed by atoms with Crippen molar-refractivity contribution in [1.29, 1.82) is 0 Å². The zero-order valence-corrected chi connectivity index (χ0v) is 10.3. The minimum absolute atomic E-state index is 0.164. The van der Waals surface area contributed by atoms with Gasteiger partial charge in [0.05, 0.1) is 5.60 Å². The molecule has 0 aliphatic heterocycles. The van der Waals surface area contributed by atoms with E-state index in [0.717, 1.165) is 5.56 Å². The molecule has 17 heavy (non-hydrogen) atoms. The van der Waals surface area contributed by atoms with E-state index in [4.69, 9.17) is 14.9 Å². The highest BCUT2D eigenvalue weighted by Crippen LogP contribution is 2.17. The summed E-state index contributed by atoms with van der Waals surface area (Å²) in [5, 5.41) is 18.2. The van der Waals surface area contributed by atoms with Crippen molar-refractivity contribution < 1.29 is 19.7 Å². The lowest BCUT2D eigenvalue weighted by atomic mass is 10.1. The average molecular weight is 238 g/mol. The first kappa shape index (κ1) is 13.5. The summed E-state index contributed by atoms with van der Waals surface area (Å²) in [5.41, 5.74) is 0.319. The first-order valence-electron chi connectivity index (χ1n) is 5.46. The van der Waals surface area contributed by atoms with E-state index in [0.29, 0.717) is 0 Å². The number of benzene rings is 1. The number of rotatable bonds is 4. The van der Waals surface area contributed by atoms with Gasteiger partial charge >= 0.3 is 5.97 Å². The van der Waals surface area contributed by atoms with E-state index in [-0.39, 0.29) is 12.2 Å². The highest BCUT2D eigenvalue weighted by Gasteiger charge is 2.25. The highest BCUT2D eigenvalue weighted by atomic mass is 16.5. The molecule has 0 heterocycles. The highest BCUT2D eigenvalue weighted by molar-refractivity contribution is 5.72. The quantitative estimate of drug-likeness (QED) is 0.844. The van der Waals surface area contributed by atoms with Crippen molar-refractivity contribution in [3.05, 3.63) is 29.8 Å². The minimum atomic E-state index is -0.979. The SMILES string of the molecule is CC(C)(C)OC(Cc1ccc(O)cc1)C(=O)O. The van der Waals surface area contributed by atoms with Gasteiger partial charge in [0.15, 0.2) is 6.10 Å². The van der Waals surface area contributed by atoms with Crippen LogP contribution in [0.4, 0.5) is 0 Å². The lowest BCUT2D eigenvalue weighted by Crippen LogP contribution is -2.34. The molecule has 4 heteroatoms. The van der Waals surface area contributed by atoms with Gasteiger partial charge in [-0.15, -0.1) is 0 Å². The number of phenols is 1. The lowest BCUT2D eigenvalue weighted by Gasteiger charge is -2.25. The molecule has 4 nitrogen and oxygen atoms in total. The predicted molar refractivity (Wildman–Crippen MR) is 64.1 cm³/mol. The van der Waals surface area contributed by atoms with E-state index in [1.165, 1.54) is 12.1 Å². The molecule has 0 spiro atoms. The summed E-state index contributed by atoms with van der Waals surface area (Å²) in [6.45, 7) is 5.46. The number of aromatic hydroxyl groups is 1. The molecule has 1 rings (SSSR count). The molecule has 1 atom stereocenters. The summed E-state index contributed by atoms with van der Waals surface area (Å²) in [7, 11) is 0. The van der Waals surface area contributed by atoms with Crippen LogP contribution >= 0.6 is 0 Å². The molecule has 0 aliphatic rings. The molecule has 0 bridgehead atoms. The van der Waals surface area contributed by atoms with Crippen LogP contribution in [0, 0.1) is 0 Å². The van der Waals surface area contributed by atoms with Gasteiger partial charge in [-0.25, -0.2) is 4.79 Å². The fraction of sp³-hybridized carbons (Fsp3) is 0.462. The Hall–Kier alpha value is -1.55. The smallest absolute Gasteiger partial charge is 0.333 e. The van der Waals surface area contributed by atoms with Gasteiger partial charge in [-0.2, -0.15) is 0 Å². The summed E-state index contributed by atoms with van der Waals surface area (Å²) in [5.74, 6) is -0.814. The zero-order valence-electron chi connectivity index (χ0n) is 10.3. The van der Waals surface area contributed by atoms with Crippen LogP contribution in [0.5, 0.6) is 5.75 Å². The largest absolute Gasteiger partial charge is 0.508 e. The molecule has 1 unspecified atom stereocenters. The Labute approximate surface area is 101 Å². The van der Waals surface area contributed by atoms with Crippen molar-refractivity contribution >= 4 is 5.97 Å². The summed E-state index contributed by atoms with van der Waals surface area (Å²) in [4.78, 5) is 11.1. The average Bonchev–Trinajstić information content (AvgIpc) is 2.18. The predicted octanol–water partition coefficient (Wildman–Crippen LogP) is 2.20. The van der Waals surface area contributed by atoms with Crippen LogP contribution in [0.3, 0.4) is 0 Å².